The van der Waals surface area contributed by atoms with Crippen molar-refractivity contribution in [3.63, 3.8) is 0 Å². The lowest BCUT2D eigenvalue weighted by atomic mass is 9.83. The van der Waals surface area contributed by atoms with Crippen LogP contribution in [0.3, 0.4) is 0 Å². The average Bonchev–Trinajstić information content (AvgIpc) is 2.72. The summed E-state index contributed by atoms with van der Waals surface area (Å²) in [5.41, 5.74) is 0.613. The second kappa shape index (κ2) is 8.22. The molecule has 30 heavy (non-hydrogen) atoms. The van der Waals surface area contributed by atoms with Crippen LogP contribution in [0.2, 0.25) is 0 Å². The van der Waals surface area contributed by atoms with E-state index in [9.17, 15) is 23.1 Å². The van der Waals surface area contributed by atoms with E-state index in [4.69, 9.17) is 4.74 Å². The monoisotopic (exact) mass is 414 g/mol. The lowest BCUT2D eigenvalue weighted by Gasteiger charge is -2.22. The number of rotatable bonds is 6. The summed E-state index contributed by atoms with van der Waals surface area (Å²) in [4.78, 5) is 11.7. The van der Waals surface area contributed by atoms with E-state index < -0.39 is 23.1 Å². The van der Waals surface area contributed by atoms with Crippen LogP contribution in [0.15, 0.2) is 72.8 Å². The molecule has 0 aliphatic rings. The van der Waals surface area contributed by atoms with Gasteiger partial charge in [-0.15, -0.1) is 0 Å². The molecular formula is C24H21F3O3. The Morgan fingerprint density at radius 3 is 2.07 bits per heavy atom. The molecule has 6 heteroatoms. The molecule has 3 rings (SSSR count). The Labute approximate surface area is 172 Å². The molecule has 0 heterocycles. The van der Waals surface area contributed by atoms with Crippen molar-refractivity contribution in [1.29, 1.82) is 0 Å². The molecule has 0 aromatic heterocycles. The molecular weight excluding hydrogens is 393 g/mol. The SMILES string of the molecule is CC(C)(C(=O)O)c1cc(OCc2ccccc2)cc(-c2ccc(C(F)(F)F)cc2)c1. The number of aliphatic carboxylic acids is 1. The quantitative estimate of drug-likeness (QED) is 0.514. The van der Waals surface area contributed by atoms with Crippen LogP contribution in [0.4, 0.5) is 13.2 Å². The van der Waals surface area contributed by atoms with Gasteiger partial charge >= 0.3 is 12.1 Å². The summed E-state index contributed by atoms with van der Waals surface area (Å²) >= 11 is 0. The molecule has 0 spiro atoms. The molecule has 3 nitrogen and oxygen atoms in total. The van der Waals surface area contributed by atoms with Gasteiger partial charge in [-0.3, -0.25) is 4.79 Å². The normalized spacial score (nSPS) is 11.9. The van der Waals surface area contributed by atoms with Crippen LogP contribution in [0.5, 0.6) is 5.75 Å². The average molecular weight is 414 g/mol. The summed E-state index contributed by atoms with van der Waals surface area (Å²) in [7, 11) is 0. The predicted molar refractivity (Wildman–Crippen MR) is 108 cm³/mol. The first-order valence-corrected chi connectivity index (χ1v) is 9.31. The number of hydrogen-bond donors (Lipinski definition) is 1. The minimum absolute atomic E-state index is 0.282. The lowest BCUT2D eigenvalue weighted by Crippen LogP contribution is -2.28. The molecule has 0 aliphatic carbocycles. The second-order valence-corrected chi connectivity index (χ2v) is 7.53. The molecule has 0 unspecified atom stereocenters. The Balaban J connectivity index is 2.00. The highest BCUT2D eigenvalue weighted by atomic mass is 19.4. The van der Waals surface area contributed by atoms with Gasteiger partial charge in [0.15, 0.2) is 0 Å². The zero-order valence-electron chi connectivity index (χ0n) is 16.5. The minimum atomic E-state index is -4.42. The van der Waals surface area contributed by atoms with E-state index in [1.807, 2.05) is 30.3 Å². The Kier molecular flexibility index (Phi) is 5.87. The van der Waals surface area contributed by atoms with Crippen LogP contribution >= 0.6 is 0 Å². The number of carboxylic acids is 1. The minimum Gasteiger partial charge on any atom is -0.489 e. The smallest absolute Gasteiger partial charge is 0.416 e. The Hall–Kier alpha value is -3.28. The summed E-state index contributed by atoms with van der Waals surface area (Å²) < 4.78 is 44.5. The van der Waals surface area contributed by atoms with Gasteiger partial charge in [-0.05, 0) is 66.4 Å². The molecule has 0 bridgehead atoms. The third kappa shape index (κ3) is 4.82. The fraction of sp³-hybridized carbons (Fsp3) is 0.208. The van der Waals surface area contributed by atoms with Gasteiger partial charge in [0, 0.05) is 0 Å². The van der Waals surface area contributed by atoms with Gasteiger partial charge in [0.2, 0.25) is 0 Å². The van der Waals surface area contributed by atoms with Gasteiger partial charge in [-0.25, -0.2) is 0 Å². The molecule has 0 aliphatic heterocycles. The van der Waals surface area contributed by atoms with Crippen molar-refractivity contribution >= 4 is 5.97 Å². The van der Waals surface area contributed by atoms with Crippen molar-refractivity contribution in [1.82, 2.24) is 0 Å². The largest absolute Gasteiger partial charge is 0.489 e. The molecule has 3 aromatic rings. The number of ether oxygens (including phenoxy) is 1. The fourth-order valence-corrected chi connectivity index (χ4v) is 2.93. The topological polar surface area (TPSA) is 46.5 Å². The fourth-order valence-electron chi connectivity index (χ4n) is 2.93. The van der Waals surface area contributed by atoms with E-state index in [1.165, 1.54) is 12.1 Å². The molecule has 0 amide bonds. The van der Waals surface area contributed by atoms with Gasteiger partial charge in [0.05, 0.1) is 11.0 Å². The van der Waals surface area contributed by atoms with E-state index >= 15 is 0 Å². The first-order valence-electron chi connectivity index (χ1n) is 9.31. The molecule has 0 saturated heterocycles. The zero-order valence-corrected chi connectivity index (χ0v) is 16.5. The standard InChI is InChI=1S/C24H21F3O3/c1-23(2,22(28)29)20-12-18(17-8-10-19(11-9-17)24(25,26)27)13-21(14-20)30-15-16-6-4-3-5-7-16/h3-14H,15H2,1-2H3,(H,28,29). The van der Waals surface area contributed by atoms with Crippen molar-refractivity contribution < 1.29 is 27.8 Å². The maximum absolute atomic E-state index is 12.9. The summed E-state index contributed by atoms with van der Waals surface area (Å²) in [6, 6.07) is 19.3. The van der Waals surface area contributed by atoms with Gasteiger partial charge in [0.1, 0.15) is 12.4 Å². The van der Waals surface area contributed by atoms with Gasteiger partial charge in [-0.1, -0.05) is 42.5 Å². The molecule has 0 saturated carbocycles. The number of carboxylic acid groups (broad SMARTS) is 1. The van der Waals surface area contributed by atoms with E-state index in [0.29, 0.717) is 22.4 Å². The van der Waals surface area contributed by atoms with E-state index in [-0.39, 0.29) is 6.61 Å². The first kappa shape index (κ1) is 21.4. The Bertz CT molecular complexity index is 1020. The van der Waals surface area contributed by atoms with Gasteiger partial charge in [0.25, 0.3) is 0 Å². The lowest BCUT2D eigenvalue weighted by molar-refractivity contribution is -0.142. The van der Waals surface area contributed by atoms with E-state index in [2.05, 4.69) is 0 Å². The maximum atomic E-state index is 12.9. The third-order valence-corrected chi connectivity index (χ3v) is 4.96. The number of alkyl halides is 3. The van der Waals surface area contributed by atoms with E-state index in [0.717, 1.165) is 17.7 Å². The molecule has 0 atom stereocenters. The van der Waals surface area contributed by atoms with Crippen molar-refractivity contribution in [2.24, 2.45) is 0 Å². The van der Waals surface area contributed by atoms with Crippen LogP contribution in [0.1, 0.15) is 30.5 Å². The number of halogens is 3. The molecule has 3 aromatic carbocycles. The van der Waals surface area contributed by atoms with Crippen molar-refractivity contribution in [2.45, 2.75) is 32.0 Å². The van der Waals surface area contributed by atoms with Crippen LogP contribution < -0.4 is 4.74 Å². The number of hydrogen-bond acceptors (Lipinski definition) is 2. The predicted octanol–water partition coefficient (Wildman–Crippen LogP) is 6.31. The summed E-state index contributed by atoms with van der Waals surface area (Å²) in [5, 5.41) is 9.62. The molecule has 0 fully saturated rings. The number of benzene rings is 3. The van der Waals surface area contributed by atoms with Crippen molar-refractivity contribution in [3.8, 4) is 16.9 Å². The van der Waals surface area contributed by atoms with Crippen molar-refractivity contribution in [3.05, 3.63) is 89.5 Å². The molecule has 0 radical (unpaired) electrons. The Morgan fingerprint density at radius 2 is 1.50 bits per heavy atom. The zero-order chi connectivity index (χ0) is 21.9. The van der Waals surface area contributed by atoms with Crippen LogP contribution in [0.25, 0.3) is 11.1 Å². The highest BCUT2D eigenvalue weighted by Crippen LogP contribution is 2.35. The van der Waals surface area contributed by atoms with Crippen molar-refractivity contribution in [2.75, 3.05) is 0 Å². The van der Waals surface area contributed by atoms with Crippen LogP contribution in [-0.2, 0) is 23.0 Å². The first-order chi connectivity index (χ1) is 14.1. The second-order valence-electron chi connectivity index (χ2n) is 7.53. The van der Waals surface area contributed by atoms with Crippen LogP contribution in [0, 0.1) is 0 Å². The summed E-state index contributed by atoms with van der Waals surface area (Å²) in [5.74, 6) is -0.568. The highest BCUT2D eigenvalue weighted by molar-refractivity contribution is 5.81. The summed E-state index contributed by atoms with van der Waals surface area (Å²) in [6.07, 6.45) is -4.42. The number of carbonyl (C=O) groups is 1. The van der Waals surface area contributed by atoms with Gasteiger partial charge < -0.3 is 9.84 Å². The third-order valence-electron chi connectivity index (χ3n) is 4.96. The molecule has 1 N–H and O–H groups in total. The molecule has 156 valence electrons. The summed E-state index contributed by atoms with van der Waals surface area (Å²) in [6.45, 7) is 3.43. The highest BCUT2D eigenvalue weighted by Gasteiger charge is 2.31. The maximum Gasteiger partial charge on any atom is 0.416 e. The van der Waals surface area contributed by atoms with Gasteiger partial charge in [-0.2, -0.15) is 13.2 Å². The van der Waals surface area contributed by atoms with Crippen LogP contribution in [-0.4, -0.2) is 11.1 Å². The Morgan fingerprint density at radius 1 is 0.867 bits per heavy atom. The van der Waals surface area contributed by atoms with E-state index in [1.54, 1.807) is 32.0 Å².